The smallest absolute Gasteiger partial charge is 0.416 e. The van der Waals surface area contributed by atoms with Crippen LogP contribution in [0.4, 0.5) is 42.8 Å². The minimum atomic E-state index is -4.99. The fourth-order valence-corrected chi connectivity index (χ4v) is 5.15. The Balaban J connectivity index is 1.89. The number of aromatic nitrogens is 4. The van der Waals surface area contributed by atoms with Gasteiger partial charge in [0.1, 0.15) is 0 Å². The van der Waals surface area contributed by atoms with E-state index in [9.17, 15) is 31.1 Å². The average Bonchev–Trinajstić information content (AvgIpc) is 3.23. The van der Waals surface area contributed by atoms with E-state index < -0.39 is 35.6 Å². The highest BCUT2D eigenvalue weighted by Crippen LogP contribution is 2.42. The quantitative estimate of drug-likeness (QED) is 0.284. The number of rotatable bonds is 6. The fourth-order valence-electron chi connectivity index (χ4n) is 5.15. The maximum Gasteiger partial charge on any atom is 0.416 e. The maximum absolute atomic E-state index is 13.7. The van der Waals surface area contributed by atoms with Crippen molar-refractivity contribution in [3.63, 3.8) is 0 Å². The van der Waals surface area contributed by atoms with Gasteiger partial charge in [-0.3, -0.25) is 4.90 Å². The number of carbonyl (C=O) groups is 1. The summed E-state index contributed by atoms with van der Waals surface area (Å²) >= 11 is 0. The Kier molecular flexibility index (Phi) is 8.74. The first-order valence-electron chi connectivity index (χ1n) is 13.5. The van der Waals surface area contributed by atoms with Crippen molar-refractivity contribution in [1.29, 1.82) is 0 Å². The van der Waals surface area contributed by atoms with Gasteiger partial charge in [0.15, 0.2) is 0 Å². The topological polar surface area (TPSA) is 76.4 Å². The molecular weight excluding hydrogens is 566 g/mol. The van der Waals surface area contributed by atoms with Crippen molar-refractivity contribution in [2.45, 2.75) is 78.0 Å². The van der Waals surface area contributed by atoms with Crippen molar-refractivity contribution in [1.82, 2.24) is 20.2 Å². The molecule has 1 amide bonds. The molecule has 0 unspecified atom stereocenters. The molecule has 1 aliphatic heterocycles. The van der Waals surface area contributed by atoms with E-state index in [0.29, 0.717) is 49.2 Å². The Morgan fingerprint density at radius 1 is 1.07 bits per heavy atom. The third-order valence-corrected chi connectivity index (χ3v) is 7.06. The number of fused-ring (bicyclic) bond motifs is 1. The second kappa shape index (κ2) is 11.8. The molecule has 1 aliphatic rings. The number of nitrogens with zero attached hydrogens (tertiary/aromatic N) is 6. The molecule has 14 heteroatoms. The normalized spacial score (nSPS) is 15.9. The molecule has 2 aromatic carbocycles. The van der Waals surface area contributed by atoms with Crippen LogP contribution in [-0.4, -0.2) is 38.9 Å². The van der Waals surface area contributed by atoms with Gasteiger partial charge in [-0.2, -0.15) is 31.1 Å². The Bertz CT molecular complexity index is 1400. The van der Waals surface area contributed by atoms with Crippen LogP contribution in [0.3, 0.4) is 0 Å². The molecule has 0 radical (unpaired) electrons. The maximum atomic E-state index is 13.7. The third-order valence-electron chi connectivity index (χ3n) is 7.06. The summed E-state index contributed by atoms with van der Waals surface area (Å²) in [5.41, 5.74) is 0.0610. The van der Waals surface area contributed by atoms with Gasteiger partial charge >= 0.3 is 18.4 Å². The number of aryl methyl sites for hydroxylation is 3. The van der Waals surface area contributed by atoms with Gasteiger partial charge in [-0.25, -0.2) is 4.79 Å². The highest BCUT2D eigenvalue weighted by atomic mass is 19.4. The second-order valence-electron chi connectivity index (χ2n) is 10.6. The monoisotopic (exact) mass is 598 g/mol. The average molecular weight is 599 g/mol. The molecule has 2 heterocycles. The lowest BCUT2D eigenvalue weighted by atomic mass is 9.93. The number of hydrogen-bond donors (Lipinski definition) is 0. The van der Waals surface area contributed by atoms with Crippen molar-refractivity contribution in [2.24, 2.45) is 7.05 Å². The third kappa shape index (κ3) is 6.79. The summed E-state index contributed by atoms with van der Waals surface area (Å²) in [4.78, 5) is 17.4. The summed E-state index contributed by atoms with van der Waals surface area (Å²) < 4.78 is 87.5. The van der Waals surface area contributed by atoms with Crippen molar-refractivity contribution in [2.75, 3.05) is 16.3 Å². The number of ether oxygens (including phenoxy) is 1. The summed E-state index contributed by atoms with van der Waals surface area (Å²) in [5.74, 6) is 0.0243. The Labute approximate surface area is 239 Å². The SMILES string of the molecule is CCc1cc2c(cc1C)N(C(=O)OC(C)C)CCC[C@@H]2N(Cc1cc(C(F)(F)F)cc(C(F)(F)F)c1)c1nnn(C)n1. The van der Waals surface area contributed by atoms with Crippen LogP contribution < -0.4 is 9.80 Å². The number of amides is 1. The summed E-state index contributed by atoms with van der Waals surface area (Å²) in [6.45, 7) is 7.26. The van der Waals surface area contributed by atoms with Gasteiger partial charge in [-0.05, 0) is 91.8 Å². The number of tetrazole rings is 1. The first-order chi connectivity index (χ1) is 19.6. The van der Waals surface area contributed by atoms with E-state index in [2.05, 4.69) is 15.4 Å². The minimum absolute atomic E-state index is 0.0243. The van der Waals surface area contributed by atoms with Crippen LogP contribution in [0.25, 0.3) is 0 Å². The number of anilines is 2. The van der Waals surface area contributed by atoms with Crippen LogP contribution in [0.2, 0.25) is 0 Å². The fraction of sp³-hybridized carbons (Fsp3) is 0.500. The van der Waals surface area contributed by atoms with Crippen molar-refractivity contribution in [3.05, 3.63) is 63.7 Å². The van der Waals surface area contributed by atoms with Crippen molar-refractivity contribution in [3.8, 4) is 0 Å². The van der Waals surface area contributed by atoms with Crippen LogP contribution in [0.1, 0.15) is 73.0 Å². The van der Waals surface area contributed by atoms with Crippen LogP contribution in [-0.2, 0) is 37.1 Å². The molecule has 0 saturated carbocycles. The van der Waals surface area contributed by atoms with E-state index in [4.69, 9.17) is 4.74 Å². The van der Waals surface area contributed by atoms with Gasteiger partial charge in [0, 0.05) is 13.1 Å². The van der Waals surface area contributed by atoms with Gasteiger partial charge in [-0.1, -0.05) is 18.1 Å². The van der Waals surface area contributed by atoms with E-state index >= 15 is 0 Å². The molecule has 8 nitrogen and oxygen atoms in total. The highest BCUT2D eigenvalue weighted by molar-refractivity contribution is 5.89. The van der Waals surface area contributed by atoms with Gasteiger partial charge in [0.05, 0.1) is 36.0 Å². The standard InChI is InChI=1S/C28H32F6N6O2/c1-6-19-13-22-23(8-7-9-39(24(22)10-17(19)4)26(41)42-16(2)3)40(25-35-37-38(5)36-25)15-18-11-20(27(29,30)31)14-21(12-18)28(32,33)34/h10-14,16,23H,6-9,15H2,1-5H3/t23-/m0/s1. The lowest BCUT2D eigenvalue weighted by Crippen LogP contribution is -2.34. The van der Waals surface area contributed by atoms with Crippen LogP contribution in [0.5, 0.6) is 0 Å². The summed E-state index contributed by atoms with van der Waals surface area (Å²) in [6, 6.07) is 4.68. The molecule has 228 valence electrons. The van der Waals surface area contributed by atoms with Crippen LogP contribution in [0, 0.1) is 6.92 Å². The molecule has 1 atom stereocenters. The van der Waals surface area contributed by atoms with Gasteiger partial charge in [0.25, 0.3) is 5.95 Å². The molecule has 42 heavy (non-hydrogen) atoms. The Morgan fingerprint density at radius 3 is 2.24 bits per heavy atom. The van der Waals surface area contributed by atoms with Crippen molar-refractivity contribution < 1.29 is 35.9 Å². The molecule has 1 aromatic heterocycles. The number of halogens is 6. The first-order valence-corrected chi connectivity index (χ1v) is 13.5. The predicted octanol–water partition coefficient (Wildman–Crippen LogP) is 7.01. The number of hydrogen-bond acceptors (Lipinski definition) is 6. The molecular formula is C28H32F6N6O2. The molecule has 0 spiro atoms. The molecule has 3 aromatic rings. The van der Waals surface area contributed by atoms with Crippen molar-refractivity contribution >= 4 is 17.7 Å². The van der Waals surface area contributed by atoms with E-state index in [1.54, 1.807) is 18.7 Å². The zero-order chi connectivity index (χ0) is 31.0. The lowest BCUT2D eigenvalue weighted by molar-refractivity contribution is -0.143. The largest absolute Gasteiger partial charge is 0.446 e. The van der Waals surface area contributed by atoms with E-state index in [0.717, 1.165) is 15.9 Å². The van der Waals surface area contributed by atoms with Crippen LogP contribution in [0.15, 0.2) is 30.3 Å². The molecule has 0 fully saturated rings. The van der Waals surface area contributed by atoms with Gasteiger partial charge in [-0.15, -0.1) is 5.10 Å². The summed E-state index contributed by atoms with van der Waals surface area (Å²) in [5, 5.41) is 12.2. The van der Waals surface area contributed by atoms with Crippen LogP contribution >= 0.6 is 0 Å². The predicted molar refractivity (Wildman–Crippen MR) is 143 cm³/mol. The van der Waals surface area contributed by atoms with Gasteiger partial charge < -0.3 is 9.64 Å². The first kappa shape index (κ1) is 31.1. The Hall–Kier alpha value is -3.84. The summed E-state index contributed by atoms with van der Waals surface area (Å²) in [6.07, 6.45) is -9.40. The molecule has 0 aliphatic carbocycles. The Morgan fingerprint density at radius 2 is 1.71 bits per heavy atom. The number of carbonyl (C=O) groups excluding carboxylic acids is 1. The second-order valence-corrected chi connectivity index (χ2v) is 10.6. The molecule has 0 N–H and O–H groups in total. The highest BCUT2D eigenvalue weighted by Gasteiger charge is 2.38. The van der Waals surface area contributed by atoms with E-state index in [-0.39, 0.29) is 30.2 Å². The zero-order valence-electron chi connectivity index (χ0n) is 23.8. The number of alkyl halides is 6. The summed E-state index contributed by atoms with van der Waals surface area (Å²) in [7, 11) is 1.50. The minimum Gasteiger partial charge on any atom is -0.446 e. The van der Waals surface area contributed by atoms with E-state index in [1.807, 2.05) is 26.0 Å². The van der Waals surface area contributed by atoms with Gasteiger partial charge in [0.2, 0.25) is 0 Å². The van der Waals surface area contributed by atoms with E-state index in [1.165, 1.54) is 11.9 Å². The molecule has 0 bridgehead atoms. The molecule has 4 rings (SSSR count). The molecule has 0 saturated heterocycles. The lowest BCUT2D eigenvalue weighted by Gasteiger charge is -2.33. The zero-order valence-corrected chi connectivity index (χ0v) is 23.8. The number of benzene rings is 2.